The van der Waals surface area contributed by atoms with Crippen molar-refractivity contribution in [3.8, 4) is 5.75 Å². The summed E-state index contributed by atoms with van der Waals surface area (Å²) in [5.41, 5.74) is 1.98. The monoisotopic (exact) mass is 342 g/mol. The van der Waals surface area contributed by atoms with E-state index in [1.54, 1.807) is 24.3 Å². The van der Waals surface area contributed by atoms with Crippen LogP contribution in [0, 0.1) is 5.82 Å². The molecule has 0 aliphatic heterocycles. The van der Waals surface area contributed by atoms with Gasteiger partial charge < -0.3 is 15.3 Å². The Bertz CT molecular complexity index is 711. The third-order valence-corrected chi connectivity index (χ3v) is 4.36. The van der Waals surface area contributed by atoms with E-state index in [-0.39, 0.29) is 29.7 Å². The second-order valence-electron chi connectivity index (χ2n) is 6.71. The Morgan fingerprint density at radius 1 is 1.16 bits per heavy atom. The maximum atomic E-state index is 13.0. The molecule has 1 unspecified atom stereocenters. The fourth-order valence-electron chi connectivity index (χ4n) is 2.87. The SMILES string of the molecule is CC(Cc1ccc(O)cc1)NC(=O)N(Cc1ccc(F)cc1)C1CC1. The molecular formula is C20H23FN2O2. The van der Waals surface area contributed by atoms with Crippen LogP contribution in [0.5, 0.6) is 5.75 Å². The van der Waals surface area contributed by atoms with E-state index in [1.807, 2.05) is 24.0 Å². The molecule has 1 aliphatic rings. The van der Waals surface area contributed by atoms with E-state index < -0.39 is 0 Å². The average molecular weight is 342 g/mol. The number of hydrogen-bond acceptors (Lipinski definition) is 2. The molecule has 1 aliphatic carbocycles. The largest absolute Gasteiger partial charge is 0.508 e. The van der Waals surface area contributed by atoms with Crippen molar-refractivity contribution in [1.82, 2.24) is 10.2 Å². The third-order valence-electron chi connectivity index (χ3n) is 4.36. The van der Waals surface area contributed by atoms with Crippen molar-refractivity contribution in [3.63, 3.8) is 0 Å². The van der Waals surface area contributed by atoms with Crippen LogP contribution in [-0.2, 0) is 13.0 Å². The lowest BCUT2D eigenvalue weighted by atomic mass is 10.1. The van der Waals surface area contributed by atoms with Gasteiger partial charge in [-0.05, 0) is 61.6 Å². The van der Waals surface area contributed by atoms with Crippen LogP contribution in [0.3, 0.4) is 0 Å². The number of phenols is 1. The molecule has 25 heavy (non-hydrogen) atoms. The molecule has 132 valence electrons. The van der Waals surface area contributed by atoms with Crippen molar-refractivity contribution >= 4 is 6.03 Å². The van der Waals surface area contributed by atoms with Crippen LogP contribution in [0.4, 0.5) is 9.18 Å². The fourth-order valence-corrected chi connectivity index (χ4v) is 2.87. The van der Waals surface area contributed by atoms with E-state index in [1.165, 1.54) is 12.1 Å². The van der Waals surface area contributed by atoms with E-state index in [0.29, 0.717) is 13.0 Å². The molecule has 1 atom stereocenters. The normalized spacial score (nSPS) is 14.8. The summed E-state index contributed by atoms with van der Waals surface area (Å²) in [4.78, 5) is 14.5. The number of hydrogen-bond donors (Lipinski definition) is 2. The molecule has 2 N–H and O–H groups in total. The smallest absolute Gasteiger partial charge is 0.318 e. The number of phenolic OH excluding ortho intramolecular Hbond substituents is 1. The summed E-state index contributed by atoms with van der Waals surface area (Å²) in [7, 11) is 0. The zero-order valence-electron chi connectivity index (χ0n) is 14.3. The fraction of sp³-hybridized carbons (Fsp3) is 0.350. The standard InChI is InChI=1S/C20H23FN2O2/c1-14(12-15-4-10-19(24)11-5-15)22-20(25)23(18-8-9-18)13-16-2-6-17(21)7-3-16/h2-7,10-11,14,18,24H,8-9,12-13H2,1H3,(H,22,25). The molecule has 2 aromatic rings. The van der Waals surface area contributed by atoms with Crippen LogP contribution in [0.1, 0.15) is 30.9 Å². The van der Waals surface area contributed by atoms with E-state index in [0.717, 1.165) is 24.0 Å². The van der Waals surface area contributed by atoms with Crippen LogP contribution in [0.15, 0.2) is 48.5 Å². The highest BCUT2D eigenvalue weighted by molar-refractivity contribution is 5.75. The highest BCUT2D eigenvalue weighted by Gasteiger charge is 2.33. The lowest BCUT2D eigenvalue weighted by Gasteiger charge is -2.25. The minimum atomic E-state index is -0.270. The summed E-state index contributed by atoms with van der Waals surface area (Å²) in [6.07, 6.45) is 2.73. The molecule has 0 spiro atoms. The molecule has 0 bridgehead atoms. The van der Waals surface area contributed by atoms with Crippen molar-refractivity contribution < 1.29 is 14.3 Å². The summed E-state index contributed by atoms with van der Waals surface area (Å²) in [6.45, 7) is 2.45. The topological polar surface area (TPSA) is 52.6 Å². The molecule has 2 amide bonds. The van der Waals surface area contributed by atoms with Gasteiger partial charge >= 0.3 is 6.03 Å². The average Bonchev–Trinajstić information content (AvgIpc) is 3.41. The molecule has 1 fully saturated rings. The number of benzene rings is 2. The third kappa shape index (κ3) is 4.95. The molecule has 4 nitrogen and oxygen atoms in total. The van der Waals surface area contributed by atoms with E-state index in [9.17, 15) is 14.3 Å². The molecule has 5 heteroatoms. The van der Waals surface area contributed by atoms with Gasteiger partial charge in [0.1, 0.15) is 11.6 Å². The molecule has 1 saturated carbocycles. The molecule has 0 aromatic heterocycles. The second kappa shape index (κ2) is 7.55. The Labute approximate surface area is 147 Å². The summed E-state index contributed by atoms with van der Waals surface area (Å²) < 4.78 is 13.0. The van der Waals surface area contributed by atoms with Crippen molar-refractivity contribution in [3.05, 3.63) is 65.5 Å². The number of nitrogens with zero attached hydrogens (tertiary/aromatic N) is 1. The number of aromatic hydroxyl groups is 1. The number of rotatable bonds is 6. The number of urea groups is 1. The quantitative estimate of drug-likeness (QED) is 0.838. The highest BCUT2D eigenvalue weighted by atomic mass is 19.1. The van der Waals surface area contributed by atoms with Crippen molar-refractivity contribution in [1.29, 1.82) is 0 Å². The van der Waals surface area contributed by atoms with Gasteiger partial charge in [0.15, 0.2) is 0 Å². The van der Waals surface area contributed by atoms with Gasteiger partial charge in [-0.2, -0.15) is 0 Å². The number of halogens is 1. The Morgan fingerprint density at radius 2 is 1.76 bits per heavy atom. The van der Waals surface area contributed by atoms with Gasteiger partial charge in [0, 0.05) is 18.6 Å². The summed E-state index contributed by atoms with van der Waals surface area (Å²) >= 11 is 0. The summed E-state index contributed by atoms with van der Waals surface area (Å²) in [6, 6.07) is 13.5. The first-order valence-electron chi connectivity index (χ1n) is 8.61. The van der Waals surface area contributed by atoms with E-state index >= 15 is 0 Å². The molecular weight excluding hydrogens is 319 g/mol. The maximum Gasteiger partial charge on any atom is 0.318 e. The molecule has 0 radical (unpaired) electrons. The Hall–Kier alpha value is -2.56. The maximum absolute atomic E-state index is 13.0. The van der Waals surface area contributed by atoms with Crippen molar-refractivity contribution in [2.24, 2.45) is 0 Å². The van der Waals surface area contributed by atoms with Crippen LogP contribution in [0.2, 0.25) is 0 Å². The lowest BCUT2D eigenvalue weighted by Crippen LogP contribution is -2.45. The Balaban J connectivity index is 1.58. The summed E-state index contributed by atoms with van der Waals surface area (Å²) in [5, 5.41) is 12.4. The van der Waals surface area contributed by atoms with Crippen molar-refractivity contribution in [2.45, 2.75) is 44.8 Å². The molecule has 2 aromatic carbocycles. The first-order valence-corrected chi connectivity index (χ1v) is 8.61. The first-order chi connectivity index (χ1) is 12.0. The first kappa shape index (κ1) is 17.3. The van der Waals surface area contributed by atoms with Gasteiger partial charge in [-0.15, -0.1) is 0 Å². The minimum Gasteiger partial charge on any atom is -0.508 e. The highest BCUT2D eigenvalue weighted by Crippen LogP contribution is 2.28. The van der Waals surface area contributed by atoms with E-state index in [4.69, 9.17) is 0 Å². The van der Waals surface area contributed by atoms with Crippen LogP contribution >= 0.6 is 0 Å². The van der Waals surface area contributed by atoms with Gasteiger partial charge in [0.05, 0.1) is 0 Å². The van der Waals surface area contributed by atoms with Crippen LogP contribution in [0.25, 0.3) is 0 Å². The van der Waals surface area contributed by atoms with Gasteiger partial charge in [-0.25, -0.2) is 9.18 Å². The van der Waals surface area contributed by atoms with Gasteiger partial charge in [-0.1, -0.05) is 24.3 Å². The van der Waals surface area contributed by atoms with E-state index in [2.05, 4.69) is 5.32 Å². The Kier molecular flexibility index (Phi) is 5.22. The predicted molar refractivity (Wildman–Crippen MR) is 94.8 cm³/mol. The minimum absolute atomic E-state index is 0.0217. The van der Waals surface area contributed by atoms with Crippen LogP contribution < -0.4 is 5.32 Å². The van der Waals surface area contributed by atoms with Crippen molar-refractivity contribution in [2.75, 3.05) is 0 Å². The van der Waals surface area contributed by atoms with Gasteiger partial charge in [0.2, 0.25) is 0 Å². The number of carbonyl (C=O) groups excluding carboxylic acids is 1. The zero-order chi connectivity index (χ0) is 17.8. The predicted octanol–water partition coefficient (Wildman–Crippen LogP) is 3.84. The van der Waals surface area contributed by atoms with Gasteiger partial charge in [0.25, 0.3) is 0 Å². The molecule has 0 heterocycles. The second-order valence-corrected chi connectivity index (χ2v) is 6.71. The number of amides is 2. The number of carbonyl (C=O) groups is 1. The van der Waals surface area contributed by atoms with Gasteiger partial charge in [-0.3, -0.25) is 0 Å². The summed E-state index contributed by atoms with van der Waals surface area (Å²) in [5.74, 6) is -0.0339. The zero-order valence-corrected chi connectivity index (χ0v) is 14.3. The lowest BCUT2D eigenvalue weighted by molar-refractivity contribution is 0.188. The Morgan fingerprint density at radius 3 is 2.36 bits per heavy atom. The van der Waals surface area contributed by atoms with Crippen LogP contribution in [-0.4, -0.2) is 28.1 Å². The molecule has 3 rings (SSSR count). The molecule has 0 saturated heterocycles. The number of nitrogens with one attached hydrogen (secondary N) is 1.